The first kappa shape index (κ1) is 21.7. The highest BCUT2D eigenvalue weighted by molar-refractivity contribution is 7.23. The van der Waals surface area contributed by atoms with E-state index in [1.165, 1.54) is 22.7 Å². The number of nitrogens with one attached hydrogen (secondary N) is 1. The number of thiazole rings is 1. The van der Waals surface area contributed by atoms with Crippen molar-refractivity contribution < 1.29 is 9.53 Å². The normalized spacial score (nSPS) is 10.9. The van der Waals surface area contributed by atoms with Gasteiger partial charge in [0, 0.05) is 11.9 Å². The Morgan fingerprint density at radius 1 is 0.968 bits per heavy atom. The lowest BCUT2D eigenvalue weighted by Crippen LogP contribution is -2.24. The lowest BCUT2D eigenvalue weighted by Gasteiger charge is -2.08. The molecule has 0 saturated heterocycles. The molecule has 31 heavy (non-hydrogen) atoms. The van der Waals surface area contributed by atoms with Crippen molar-refractivity contribution in [3.63, 3.8) is 0 Å². The van der Waals surface area contributed by atoms with Gasteiger partial charge in [-0.25, -0.2) is 4.98 Å². The molecule has 4 rings (SSSR count). The van der Waals surface area contributed by atoms with E-state index in [9.17, 15) is 4.79 Å². The molecular formula is C24H21ClN2O2S2. The second-order valence-corrected chi connectivity index (χ2v) is 9.57. The van der Waals surface area contributed by atoms with E-state index in [1.807, 2.05) is 66.0 Å². The van der Waals surface area contributed by atoms with E-state index >= 15 is 0 Å². The molecule has 0 aliphatic heterocycles. The van der Waals surface area contributed by atoms with Crippen LogP contribution in [0.5, 0.6) is 0 Å². The van der Waals surface area contributed by atoms with Gasteiger partial charge in [-0.2, -0.15) is 0 Å². The van der Waals surface area contributed by atoms with Gasteiger partial charge in [0.05, 0.1) is 34.5 Å². The minimum absolute atomic E-state index is 0.0493. The Bertz CT molecular complexity index is 1140. The van der Waals surface area contributed by atoms with Gasteiger partial charge >= 0.3 is 0 Å². The third-order valence-corrected chi connectivity index (χ3v) is 6.83. The minimum Gasteiger partial charge on any atom is -0.372 e. The topological polar surface area (TPSA) is 51.2 Å². The van der Waals surface area contributed by atoms with Crippen molar-refractivity contribution in [2.24, 2.45) is 0 Å². The summed E-state index contributed by atoms with van der Waals surface area (Å²) in [5.74, 6) is -0.0493. The Kier molecular flexibility index (Phi) is 7.48. The number of aromatic nitrogens is 1. The van der Waals surface area contributed by atoms with E-state index in [2.05, 4.69) is 16.4 Å². The third-order valence-electron chi connectivity index (χ3n) is 4.54. The van der Waals surface area contributed by atoms with Gasteiger partial charge < -0.3 is 10.1 Å². The van der Waals surface area contributed by atoms with E-state index in [-0.39, 0.29) is 12.3 Å². The largest absolute Gasteiger partial charge is 0.372 e. The van der Waals surface area contributed by atoms with Crippen LogP contribution in [0.25, 0.3) is 9.88 Å². The van der Waals surface area contributed by atoms with Crippen LogP contribution < -0.4 is 5.32 Å². The van der Waals surface area contributed by atoms with Crippen LogP contribution in [0.1, 0.15) is 22.4 Å². The molecule has 2 heterocycles. The number of carbonyl (C=O) groups is 1. The maximum Gasteiger partial charge on any atom is 0.226 e. The third kappa shape index (κ3) is 6.48. The molecule has 0 saturated carbocycles. The lowest BCUT2D eigenvalue weighted by atomic mass is 10.1. The van der Waals surface area contributed by atoms with Crippen LogP contribution in [-0.4, -0.2) is 10.9 Å². The Hall–Kier alpha value is -2.51. The molecule has 4 aromatic rings. The van der Waals surface area contributed by atoms with Crippen LogP contribution in [0.15, 0.2) is 72.1 Å². The summed E-state index contributed by atoms with van der Waals surface area (Å²) in [4.78, 5) is 17.9. The van der Waals surface area contributed by atoms with Crippen LogP contribution in [0.4, 0.5) is 0 Å². The molecule has 0 radical (unpaired) electrons. The fraction of sp³-hybridized carbons (Fsp3) is 0.167. The molecule has 0 spiro atoms. The summed E-state index contributed by atoms with van der Waals surface area (Å²) in [6.45, 7) is 1.59. The second-order valence-electron chi connectivity index (χ2n) is 7.00. The highest BCUT2D eigenvalue weighted by Crippen LogP contribution is 2.32. The van der Waals surface area contributed by atoms with Crippen LogP contribution in [0.2, 0.25) is 4.34 Å². The van der Waals surface area contributed by atoms with E-state index in [0.717, 1.165) is 36.6 Å². The zero-order valence-corrected chi connectivity index (χ0v) is 19.1. The number of amides is 1. The van der Waals surface area contributed by atoms with Crippen LogP contribution in [-0.2, 0) is 35.7 Å². The molecule has 0 unspecified atom stereocenters. The molecule has 4 nitrogen and oxygen atoms in total. The molecule has 158 valence electrons. The fourth-order valence-electron chi connectivity index (χ4n) is 3.05. The van der Waals surface area contributed by atoms with Crippen molar-refractivity contribution in [3.8, 4) is 9.88 Å². The first-order chi connectivity index (χ1) is 15.2. The molecule has 2 aromatic heterocycles. The SMILES string of the molecule is O=C(Cc1csc(-c2ccc(Cl)s2)n1)NCc1cccc(COCc2ccccc2)c1. The number of carbonyl (C=O) groups excluding carboxylic acids is 1. The standard InChI is InChI=1S/C24H21ClN2O2S2/c25-22-10-9-21(31-22)24-27-20(16-30-24)12-23(28)26-13-18-7-4-8-19(11-18)15-29-14-17-5-2-1-3-6-17/h1-11,16H,12-15H2,(H,26,28). The van der Waals surface area contributed by atoms with Gasteiger partial charge in [0.2, 0.25) is 5.91 Å². The Balaban J connectivity index is 1.25. The van der Waals surface area contributed by atoms with Crippen LogP contribution in [0.3, 0.4) is 0 Å². The predicted octanol–water partition coefficient (Wildman–Crippen LogP) is 6.10. The summed E-state index contributed by atoms with van der Waals surface area (Å²) in [6, 6.07) is 22.0. The smallest absolute Gasteiger partial charge is 0.226 e. The van der Waals surface area contributed by atoms with Crippen LogP contribution in [0, 0.1) is 0 Å². The van der Waals surface area contributed by atoms with Gasteiger partial charge in [0.1, 0.15) is 5.01 Å². The summed E-state index contributed by atoms with van der Waals surface area (Å²) in [6.07, 6.45) is 0.259. The van der Waals surface area contributed by atoms with E-state index in [0.29, 0.717) is 19.8 Å². The summed E-state index contributed by atoms with van der Waals surface area (Å²) in [5.41, 5.74) is 4.05. The van der Waals surface area contributed by atoms with Gasteiger partial charge in [-0.3, -0.25) is 4.79 Å². The summed E-state index contributed by atoms with van der Waals surface area (Å²) >= 11 is 9.01. The highest BCUT2D eigenvalue weighted by atomic mass is 35.5. The lowest BCUT2D eigenvalue weighted by molar-refractivity contribution is -0.120. The number of thiophene rings is 1. The van der Waals surface area contributed by atoms with Gasteiger partial charge in [-0.15, -0.1) is 22.7 Å². The van der Waals surface area contributed by atoms with Crippen molar-refractivity contribution in [1.82, 2.24) is 10.3 Å². The fourth-order valence-corrected chi connectivity index (χ4v) is 4.98. The first-order valence-electron chi connectivity index (χ1n) is 9.82. The quantitative estimate of drug-likeness (QED) is 0.323. The molecule has 1 N–H and O–H groups in total. The number of nitrogens with zero attached hydrogens (tertiary/aromatic N) is 1. The highest BCUT2D eigenvalue weighted by Gasteiger charge is 2.10. The van der Waals surface area contributed by atoms with Crippen molar-refractivity contribution in [1.29, 1.82) is 0 Å². The maximum atomic E-state index is 12.4. The summed E-state index contributed by atoms with van der Waals surface area (Å²) in [5, 5.41) is 5.79. The molecule has 0 atom stereocenters. The van der Waals surface area contributed by atoms with Crippen molar-refractivity contribution in [2.75, 3.05) is 0 Å². The van der Waals surface area contributed by atoms with E-state index in [4.69, 9.17) is 16.3 Å². The second kappa shape index (κ2) is 10.7. The number of ether oxygens (including phenoxy) is 1. The maximum absolute atomic E-state index is 12.4. The van der Waals surface area contributed by atoms with E-state index < -0.39 is 0 Å². The number of benzene rings is 2. The molecule has 0 fully saturated rings. The molecule has 7 heteroatoms. The summed E-state index contributed by atoms with van der Waals surface area (Å²) in [7, 11) is 0. The monoisotopic (exact) mass is 468 g/mol. The molecule has 1 amide bonds. The van der Waals surface area contributed by atoms with Crippen molar-refractivity contribution in [3.05, 3.63) is 98.8 Å². The van der Waals surface area contributed by atoms with Gasteiger partial charge in [0.25, 0.3) is 0 Å². The van der Waals surface area contributed by atoms with Crippen molar-refractivity contribution in [2.45, 2.75) is 26.2 Å². The molecule has 0 aliphatic rings. The van der Waals surface area contributed by atoms with Crippen molar-refractivity contribution >= 4 is 40.2 Å². The van der Waals surface area contributed by atoms with Crippen LogP contribution >= 0.6 is 34.3 Å². The molecule has 2 aromatic carbocycles. The predicted molar refractivity (Wildman–Crippen MR) is 127 cm³/mol. The average molecular weight is 469 g/mol. The number of rotatable bonds is 9. The number of hydrogen-bond donors (Lipinski definition) is 1. The minimum atomic E-state index is -0.0493. The molecule has 0 aliphatic carbocycles. The molecular weight excluding hydrogens is 448 g/mol. The van der Waals surface area contributed by atoms with Gasteiger partial charge in [-0.05, 0) is 28.8 Å². The Morgan fingerprint density at radius 2 is 1.74 bits per heavy atom. The average Bonchev–Trinajstić information content (AvgIpc) is 3.42. The number of halogens is 1. The zero-order chi connectivity index (χ0) is 21.5. The molecule has 0 bridgehead atoms. The Morgan fingerprint density at radius 3 is 2.55 bits per heavy atom. The Labute approximate surface area is 194 Å². The van der Waals surface area contributed by atoms with Gasteiger partial charge in [0.15, 0.2) is 0 Å². The first-order valence-corrected chi connectivity index (χ1v) is 11.9. The van der Waals surface area contributed by atoms with Gasteiger partial charge in [-0.1, -0.05) is 66.2 Å². The van der Waals surface area contributed by atoms with E-state index in [1.54, 1.807) is 0 Å². The summed E-state index contributed by atoms with van der Waals surface area (Å²) < 4.78 is 6.54. The number of hydrogen-bond acceptors (Lipinski definition) is 5. The zero-order valence-electron chi connectivity index (χ0n) is 16.7.